The van der Waals surface area contributed by atoms with E-state index in [0.717, 1.165) is 77.3 Å². The summed E-state index contributed by atoms with van der Waals surface area (Å²) in [6, 6.07) is 97.1. The van der Waals surface area contributed by atoms with Gasteiger partial charge in [-0.15, -0.1) is 0 Å². The zero-order valence-electron chi connectivity index (χ0n) is 41.2. The van der Waals surface area contributed by atoms with Gasteiger partial charge < -0.3 is 8.83 Å². The van der Waals surface area contributed by atoms with Gasteiger partial charge in [-0.1, -0.05) is 243 Å². The van der Waals surface area contributed by atoms with Gasteiger partial charge in [-0.05, 0) is 128 Å². The van der Waals surface area contributed by atoms with E-state index in [0.29, 0.717) is 0 Å². The molecule has 0 amide bonds. The van der Waals surface area contributed by atoms with Crippen LogP contribution >= 0.6 is 0 Å². The van der Waals surface area contributed by atoms with Gasteiger partial charge in [0, 0.05) is 38.2 Å². The summed E-state index contributed by atoms with van der Waals surface area (Å²) in [6.07, 6.45) is 0. The predicted molar refractivity (Wildman–Crippen MR) is 321 cm³/mol. The lowest BCUT2D eigenvalue weighted by Gasteiger charge is -2.19. The fourth-order valence-corrected chi connectivity index (χ4v) is 12.7. The zero-order valence-corrected chi connectivity index (χ0v) is 41.2. The van der Waals surface area contributed by atoms with Gasteiger partial charge in [0.25, 0.3) is 0 Å². The summed E-state index contributed by atoms with van der Waals surface area (Å²) in [6.45, 7) is 0. The van der Waals surface area contributed by atoms with Gasteiger partial charge in [-0.25, -0.2) is 0 Å². The molecular formula is C74H44O2. The molecule has 0 unspecified atom stereocenters. The smallest absolute Gasteiger partial charge is 0.143 e. The van der Waals surface area contributed by atoms with Crippen LogP contribution in [0, 0.1) is 0 Å². The first-order valence-electron chi connectivity index (χ1n) is 26.1. The van der Waals surface area contributed by atoms with Crippen molar-refractivity contribution >= 4 is 97.7 Å². The van der Waals surface area contributed by atoms with Crippen molar-refractivity contribution in [2.24, 2.45) is 0 Å². The third-order valence-corrected chi connectivity index (χ3v) is 16.1. The van der Waals surface area contributed by atoms with E-state index >= 15 is 0 Å². The number of benzene rings is 14. The van der Waals surface area contributed by atoms with Crippen LogP contribution in [0.25, 0.3) is 165 Å². The Morgan fingerprint density at radius 2 is 0.579 bits per heavy atom. The summed E-state index contributed by atoms with van der Waals surface area (Å²) in [7, 11) is 0. The highest BCUT2D eigenvalue weighted by molar-refractivity contribution is 6.26. The molecule has 0 radical (unpaired) electrons. The van der Waals surface area contributed by atoms with Crippen LogP contribution in [0.5, 0.6) is 0 Å². The first-order chi connectivity index (χ1) is 37.7. The molecule has 16 rings (SSSR count). The number of rotatable bonds is 6. The van der Waals surface area contributed by atoms with Crippen LogP contribution in [-0.2, 0) is 0 Å². The Hall–Kier alpha value is -10.0. The Morgan fingerprint density at radius 3 is 1.25 bits per heavy atom. The van der Waals surface area contributed by atoms with Crippen LogP contribution in [0.15, 0.2) is 276 Å². The summed E-state index contributed by atoms with van der Waals surface area (Å²) in [5.74, 6) is 0. The van der Waals surface area contributed by atoms with E-state index < -0.39 is 0 Å². The molecule has 0 saturated carbocycles. The predicted octanol–water partition coefficient (Wildman–Crippen LogP) is 21.3. The van der Waals surface area contributed by atoms with Crippen LogP contribution < -0.4 is 0 Å². The van der Waals surface area contributed by atoms with Gasteiger partial charge in [0.1, 0.15) is 22.3 Å². The first kappa shape index (κ1) is 42.5. The van der Waals surface area contributed by atoms with Gasteiger partial charge in [-0.3, -0.25) is 0 Å². The second-order valence-electron chi connectivity index (χ2n) is 20.1. The summed E-state index contributed by atoms with van der Waals surface area (Å²) in [4.78, 5) is 0. The lowest BCUT2D eigenvalue weighted by Crippen LogP contribution is -1.92. The fourth-order valence-electron chi connectivity index (χ4n) is 12.7. The standard InChI is InChI=1S/C74H44O2/c1-2-18-47(19-3-1)69-58-25-8-11-28-61(58)72(65-33-16-32-63-53-22-12-13-34-67(53)75-74(63)65)66-43-49(40-42-62(66)69)50-39-41-54-64-31-15-29-52(73(64)76-68(54)44-50)46-35-37-48(38-36-46)70-56-23-6-9-26-59(56)71(60-27-10-7-24-57(60)70)55-30-14-20-45-17-4-5-21-51(45)55/h1-44H. The first-order valence-corrected chi connectivity index (χ1v) is 26.1. The second kappa shape index (κ2) is 16.8. The lowest BCUT2D eigenvalue weighted by atomic mass is 9.84. The number of furan rings is 2. The van der Waals surface area contributed by atoms with Crippen molar-refractivity contribution in [1.29, 1.82) is 0 Å². The maximum atomic E-state index is 7.00. The van der Waals surface area contributed by atoms with E-state index in [1.54, 1.807) is 0 Å². The molecule has 352 valence electrons. The molecule has 0 aliphatic carbocycles. The monoisotopic (exact) mass is 964 g/mol. The zero-order chi connectivity index (χ0) is 49.8. The van der Waals surface area contributed by atoms with Crippen molar-refractivity contribution < 1.29 is 8.83 Å². The molecule has 0 aliphatic heterocycles. The summed E-state index contributed by atoms with van der Waals surface area (Å²) in [5.41, 5.74) is 17.5. The number of hydrogen-bond donors (Lipinski definition) is 0. The number of fused-ring (bicyclic) bond motifs is 11. The van der Waals surface area contributed by atoms with E-state index in [9.17, 15) is 0 Å². The van der Waals surface area contributed by atoms with Crippen molar-refractivity contribution in [3.63, 3.8) is 0 Å². The molecule has 14 aromatic carbocycles. The minimum absolute atomic E-state index is 0.858. The van der Waals surface area contributed by atoms with Crippen molar-refractivity contribution in [2.45, 2.75) is 0 Å². The molecule has 2 nitrogen and oxygen atoms in total. The summed E-state index contributed by atoms with van der Waals surface area (Å²) in [5, 5.41) is 16.7. The van der Waals surface area contributed by atoms with Gasteiger partial charge in [-0.2, -0.15) is 0 Å². The molecule has 0 atom stereocenters. The molecule has 2 heteroatoms. The molecule has 76 heavy (non-hydrogen) atoms. The molecule has 0 saturated heterocycles. The van der Waals surface area contributed by atoms with Crippen LogP contribution in [0.3, 0.4) is 0 Å². The molecule has 16 aromatic rings. The normalized spacial score (nSPS) is 11.9. The van der Waals surface area contributed by atoms with E-state index in [1.165, 1.54) is 87.2 Å². The highest BCUT2D eigenvalue weighted by atomic mass is 16.3. The minimum atomic E-state index is 0.858. The molecular weight excluding hydrogens is 921 g/mol. The Balaban J connectivity index is 0.831. The van der Waals surface area contributed by atoms with E-state index in [-0.39, 0.29) is 0 Å². The largest absolute Gasteiger partial charge is 0.455 e. The van der Waals surface area contributed by atoms with Crippen molar-refractivity contribution in [3.05, 3.63) is 267 Å². The Morgan fingerprint density at radius 1 is 0.184 bits per heavy atom. The lowest BCUT2D eigenvalue weighted by molar-refractivity contribution is 0.670. The molecule has 2 heterocycles. The van der Waals surface area contributed by atoms with E-state index in [1.807, 2.05) is 6.07 Å². The third-order valence-electron chi connectivity index (χ3n) is 16.1. The fraction of sp³-hybridized carbons (Fsp3) is 0. The minimum Gasteiger partial charge on any atom is -0.455 e. The molecule has 0 spiro atoms. The van der Waals surface area contributed by atoms with Crippen molar-refractivity contribution in [1.82, 2.24) is 0 Å². The van der Waals surface area contributed by atoms with Gasteiger partial charge in [0.15, 0.2) is 0 Å². The van der Waals surface area contributed by atoms with E-state index in [4.69, 9.17) is 8.83 Å². The SMILES string of the molecule is c1ccc(-c2c3ccccc3c(-c3cccc4c3oc3ccccc34)c3cc(-c4ccc5c(c4)oc4c(-c6ccc(-c7c8ccccc8c(-c8cccc9ccccc89)c8ccccc78)cc6)cccc45)ccc23)cc1. The molecule has 0 N–H and O–H groups in total. The summed E-state index contributed by atoms with van der Waals surface area (Å²) >= 11 is 0. The highest BCUT2D eigenvalue weighted by Crippen LogP contribution is 2.49. The molecule has 2 aromatic heterocycles. The highest BCUT2D eigenvalue weighted by Gasteiger charge is 2.23. The maximum Gasteiger partial charge on any atom is 0.143 e. The second-order valence-corrected chi connectivity index (χ2v) is 20.1. The Kier molecular flexibility index (Phi) is 9.37. The Bertz CT molecular complexity index is 4970. The average Bonchev–Trinajstić information content (AvgIpc) is 4.09. The third kappa shape index (κ3) is 6.41. The van der Waals surface area contributed by atoms with E-state index in [2.05, 4.69) is 261 Å². The molecule has 0 fully saturated rings. The van der Waals surface area contributed by atoms with Crippen LogP contribution in [0.1, 0.15) is 0 Å². The number of para-hydroxylation sites is 3. The van der Waals surface area contributed by atoms with Crippen LogP contribution in [0.4, 0.5) is 0 Å². The Labute approximate surface area is 437 Å². The van der Waals surface area contributed by atoms with Gasteiger partial charge in [0.2, 0.25) is 0 Å². The van der Waals surface area contributed by atoms with Gasteiger partial charge >= 0.3 is 0 Å². The number of hydrogen-bond acceptors (Lipinski definition) is 2. The average molecular weight is 965 g/mol. The summed E-state index contributed by atoms with van der Waals surface area (Å²) < 4.78 is 13.8. The van der Waals surface area contributed by atoms with Crippen molar-refractivity contribution in [2.75, 3.05) is 0 Å². The van der Waals surface area contributed by atoms with Gasteiger partial charge in [0.05, 0.1) is 0 Å². The molecule has 0 bridgehead atoms. The topological polar surface area (TPSA) is 26.3 Å². The molecule has 0 aliphatic rings. The quantitative estimate of drug-likeness (QED) is 0.155. The van der Waals surface area contributed by atoms with Crippen LogP contribution in [0.2, 0.25) is 0 Å². The van der Waals surface area contributed by atoms with Crippen molar-refractivity contribution in [3.8, 4) is 66.8 Å². The maximum absolute atomic E-state index is 7.00. The van der Waals surface area contributed by atoms with Crippen LogP contribution in [-0.4, -0.2) is 0 Å².